The number of hydrogen-bond acceptors (Lipinski definition) is 5. The number of aliphatic hydroxyl groups excluding tert-OH is 2. The third kappa shape index (κ3) is 3.44. The molecule has 1 aliphatic heterocycles. The molecule has 136 valence electrons. The van der Waals surface area contributed by atoms with Crippen molar-refractivity contribution >= 4 is 23.2 Å². The summed E-state index contributed by atoms with van der Waals surface area (Å²) in [6, 6.07) is 4.81. The number of carbonyl (C=O) groups excluding carboxylic acids is 2. The van der Waals surface area contributed by atoms with Gasteiger partial charge in [0.2, 0.25) is 0 Å². The van der Waals surface area contributed by atoms with Crippen LogP contribution in [0.15, 0.2) is 30.4 Å². The van der Waals surface area contributed by atoms with E-state index in [2.05, 4.69) is 5.32 Å². The van der Waals surface area contributed by atoms with E-state index >= 15 is 0 Å². The van der Waals surface area contributed by atoms with Gasteiger partial charge in [-0.3, -0.25) is 9.59 Å². The van der Waals surface area contributed by atoms with Gasteiger partial charge in [0, 0.05) is 30.8 Å². The van der Waals surface area contributed by atoms with Crippen molar-refractivity contribution in [1.29, 1.82) is 0 Å². The first kappa shape index (κ1) is 19.1. The number of aliphatic hydroxyl groups is 3. The van der Waals surface area contributed by atoms with Crippen LogP contribution in [0.25, 0.3) is 0 Å². The normalized spacial score (nSPS) is 22.2. The summed E-state index contributed by atoms with van der Waals surface area (Å²) >= 11 is 0. The molecule has 0 spiro atoms. The molecular formula is C18H24N2O5. The molecular weight excluding hydrogens is 324 g/mol. The molecule has 0 radical (unpaired) electrons. The molecule has 1 aliphatic rings. The number of rotatable bonds is 6. The second-order valence-electron chi connectivity index (χ2n) is 6.26. The number of fused-ring (bicyclic) bond motifs is 1. The number of nitrogens with one attached hydrogen (secondary N) is 1. The van der Waals surface area contributed by atoms with E-state index in [1.165, 1.54) is 11.8 Å². The molecule has 0 unspecified atom stereocenters. The van der Waals surface area contributed by atoms with E-state index in [4.69, 9.17) is 5.11 Å². The molecule has 0 aromatic heterocycles. The van der Waals surface area contributed by atoms with Gasteiger partial charge in [0.15, 0.2) is 5.60 Å². The zero-order valence-electron chi connectivity index (χ0n) is 14.6. The Hall–Kier alpha value is -2.22. The van der Waals surface area contributed by atoms with Crippen LogP contribution in [0.2, 0.25) is 0 Å². The lowest BCUT2D eigenvalue weighted by Crippen LogP contribution is -2.43. The maximum absolute atomic E-state index is 12.7. The van der Waals surface area contributed by atoms with Crippen LogP contribution in [0.5, 0.6) is 0 Å². The van der Waals surface area contributed by atoms with E-state index in [0.717, 1.165) is 0 Å². The van der Waals surface area contributed by atoms with Crippen LogP contribution in [0.4, 0.5) is 11.4 Å². The summed E-state index contributed by atoms with van der Waals surface area (Å²) in [5.41, 5.74) is -0.422. The minimum atomic E-state index is -1.76. The molecule has 0 saturated heterocycles. The van der Waals surface area contributed by atoms with Gasteiger partial charge in [0.1, 0.15) is 6.10 Å². The Morgan fingerprint density at radius 2 is 2.08 bits per heavy atom. The van der Waals surface area contributed by atoms with Crippen LogP contribution in [0.1, 0.15) is 25.8 Å². The zero-order chi connectivity index (χ0) is 18.8. The average Bonchev–Trinajstić information content (AvgIpc) is 2.77. The zero-order valence-corrected chi connectivity index (χ0v) is 14.6. The number of amides is 2. The van der Waals surface area contributed by atoms with E-state index in [1.54, 1.807) is 44.3 Å². The summed E-state index contributed by atoms with van der Waals surface area (Å²) in [4.78, 5) is 25.7. The summed E-state index contributed by atoms with van der Waals surface area (Å²) in [5, 5.41) is 31.9. The average molecular weight is 348 g/mol. The number of nitrogens with zero attached hydrogens (tertiary/aromatic N) is 1. The van der Waals surface area contributed by atoms with Crippen molar-refractivity contribution in [1.82, 2.24) is 0 Å². The third-order valence-corrected chi connectivity index (χ3v) is 4.43. The van der Waals surface area contributed by atoms with Gasteiger partial charge in [0.25, 0.3) is 11.8 Å². The summed E-state index contributed by atoms with van der Waals surface area (Å²) < 4.78 is 0. The van der Waals surface area contributed by atoms with E-state index < -0.39 is 29.4 Å². The molecule has 0 fully saturated rings. The quantitative estimate of drug-likeness (QED) is 0.567. The van der Waals surface area contributed by atoms with Gasteiger partial charge in [0.05, 0.1) is 5.69 Å². The molecule has 25 heavy (non-hydrogen) atoms. The maximum atomic E-state index is 12.7. The first-order chi connectivity index (χ1) is 11.7. The molecule has 7 nitrogen and oxygen atoms in total. The molecule has 1 heterocycles. The first-order valence-corrected chi connectivity index (χ1v) is 8.15. The van der Waals surface area contributed by atoms with Crippen LogP contribution in [-0.2, 0) is 15.2 Å². The van der Waals surface area contributed by atoms with E-state index in [1.807, 2.05) is 0 Å². The standard InChI is InChI=1S/C18H24N2O5/c1-11(6-4-5-9-21)18(25)14-10-13(19-16(23)12(2)22)7-8-15(14)20(3)17(18)24/h4,6-8,10-12,21-22,25H,5,9H2,1-3H3,(H,19,23)/b6-4+/t11-,12-,18+/m0/s1. The van der Waals surface area contributed by atoms with Crippen molar-refractivity contribution in [2.45, 2.75) is 32.0 Å². The van der Waals surface area contributed by atoms with Gasteiger partial charge in [-0.2, -0.15) is 0 Å². The van der Waals surface area contributed by atoms with Gasteiger partial charge in [-0.05, 0) is 31.5 Å². The predicted octanol–water partition coefficient (Wildman–Crippen LogP) is 0.745. The predicted molar refractivity (Wildman–Crippen MR) is 94.1 cm³/mol. The lowest BCUT2D eigenvalue weighted by atomic mass is 9.82. The Morgan fingerprint density at radius 3 is 2.68 bits per heavy atom. The van der Waals surface area contributed by atoms with Gasteiger partial charge in [-0.1, -0.05) is 19.1 Å². The van der Waals surface area contributed by atoms with Crippen LogP contribution in [0, 0.1) is 5.92 Å². The molecule has 7 heteroatoms. The molecule has 1 aromatic rings. The highest BCUT2D eigenvalue weighted by molar-refractivity contribution is 6.07. The minimum Gasteiger partial charge on any atom is -0.396 e. The van der Waals surface area contributed by atoms with Crippen molar-refractivity contribution in [3.63, 3.8) is 0 Å². The topological polar surface area (TPSA) is 110 Å². The molecule has 3 atom stereocenters. The van der Waals surface area contributed by atoms with Crippen LogP contribution >= 0.6 is 0 Å². The van der Waals surface area contributed by atoms with E-state index in [0.29, 0.717) is 23.4 Å². The van der Waals surface area contributed by atoms with E-state index in [-0.39, 0.29) is 6.61 Å². The monoisotopic (exact) mass is 348 g/mol. The van der Waals surface area contributed by atoms with Gasteiger partial charge < -0.3 is 25.5 Å². The third-order valence-electron chi connectivity index (χ3n) is 4.43. The minimum absolute atomic E-state index is 0.0123. The molecule has 0 aliphatic carbocycles. The van der Waals surface area contributed by atoms with Gasteiger partial charge >= 0.3 is 0 Å². The SMILES string of the molecule is C[C@H](O)C(=O)Nc1ccc2c(c1)[C@](O)([C@@H](C)/C=C/CCO)C(=O)N2C. The van der Waals surface area contributed by atoms with Crippen molar-refractivity contribution in [2.75, 3.05) is 23.9 Å². The van der Waals surface area contributed by atoms with Crippen molar-refractivity contribution in [2.24, 2.45) is 5.92 Å². The largest absolute Gasteiger partial charge is 0.396 e. The highest BCUT2D eigenvalue weighted by atomic mass is 16.3. The summed E-state index contributed by atoms with van der Waals surface area (Å²) in [7, 11) is 1.58. The number of carbonyl (C=O) groups is 2. The highest BCUT2D eigenvalue weighted by Gasteiger charge is 2.51. The molecule has 0 saturated carbocycles. The Labute approximate surface area is 146 Å². The number of likely N-dealkylation sites (N-methyl/N-ethyl adjacent to an activating group) is 1. The highest BCUT2D eigenvalue weighted by Crippen LogP contribution is 2.45. The summed E-state index contributed by atoms with van der Waals surface area (Å²) in [5.74, 6) is -1.56. The molecule has 4 N–H and O–H groups in total. The lowest BCUT2D eigenvalue weighted by Gasteiger charge is -2.27. The fourth-order valence-electron chi connectivity index (χ4n) is 2.89. The number of hydrogen-bond donors (Lipinski definition) is 4. The first-order valence-electron chi connectivity index (χ1n) is 8.15. The molecule has 2 rings (SSSR count). The Kier molecular flexibility index (Phi) is 5.62. The molecule has 1 aromatic carbocycles. The maximum Gasteiger partial charge on any atom is 0.264 e. The molecule has 0 bridgehead atoms. The van der Waals surface area contributed by atoms with Crippen molar-refractivity contribution in [3.05, 3.63) is 35.9 Å². The van der Waals surface area contributed by atoms with Crippen LogP contribution in [-0.4, -0.2) is 46.9 Å². The fourth-order valence-corrected chi connectivity index (χ4v) is 2.89. The number of benzene rings is 1. The number of anilines is 2. The Bertz CT molecular complexity index is 701. The van der Waals surface area contributed by atoms with Gasteiger partial charge in [-0.25, -0.2) is 0 Å². The van der Waals surface area contributed by atoms with Crippen LogP contribution < -0.4 is 10.2 Å². The Morgan fingerprint density at radius 1 is 1.40 bits per heavy atom. The smallest absolute Gasteiger partial charge is 0.264 e. The van der Waals surface area contributed by atoms with Crippen molar-refractivity contribution < 1.29 is 24.9 Å². The van der Waals surface area contributed by atoms with Crippen molar-refractivity contribution in [3.8, 4) is 0 Å². The summed E-state index contributed by atoms with van der Waals surface area (Å²) in [6.45, 7) is 3.06. The second-order valence-corrected chi connectivity index (χ2v) is 6.26. The van der Waals surface area contributed by atoms with E-state index in [9.17, 15) is 19.8 Å². The fraction of sp³-hybridized carbons (Fsp3) is 0.444. The lowest BCUT2D eigenvalue weighted by molar-refractivity contribution is -0.139. The second kappa shape index (κ2) is 7.35. The summed E-state index contributed by atoms with van der Waals surface area (Å²) in [6.07, 6.45) is 2.67. The Balaban J connectivity index is 2.42. The van der Waals surface area contributed by atoms with Gasteiger partial charge in [-0.15, -0.1) is 0 Å². The molecule has 2 amide bonds. The van der Waals surface area contributed by atoms with Crippen LogP contribution in [0.3, 0.4) is 0 Å².